The molecule has 0 amide bonds. The summed E-state index contributed by atoms with van der Waals surface area (Å²) < 4.78 is 5.38. The Morgan fingerprint density at radius 2 is 2.21 bits per heavy atom. The maximum atomic E-state index is 11.7. The van der Waals surface area contributed by atoms with E-state index in [9.17, 15) is 4.79 Å². The van der Waals surface area contributed by atoms with Crippen LogP contribution >= 0.6 is 0 Å². The minimum absolute atomic E-state index is 0.0652. The molecule has 1 heterocycles. The second-order valence-electron chi connectivity index (χ2n) is 3.94. The van der Waals surface area contributed by atoms with Crippen molar-refractivity contribution in [2.24, 2.45) is 5.92 Å². The zero-order chi connectivity index (χ0) is 10.1. The van der Waals surface area contributed by atoms with Crippen LogP contribution in [0.2, 0.25) is 0 Å². The highest BCUT2D eigenvalue weighted by Gasteiger charge is 2.16. The van der Waals surface area contributed by atoms with Crippen molar-refractivity contribution in [1.82, 2.24) is 0 Å². The topological polar surface area (TPSA) is 26.3 Å². The summed E-state index contributed by atoms with van der Waals surface area (Å²) in [6.07, 6.45) is 0.925. The lowest BCUT2D eigenvalue weighted by atomic mass is 9.99. The first-order valence-electron chi connectivity index (χ1n) is 4.98. The Kier molecular flexibility index (Phi) is 2.28. The van der Waals surface area contributed by atoms with Crippen LogP contribution in [-0.4, -0.2) is 12.4 Å². The highest BCUT2D eigenvalue weighted by molar-refractivity contribution is 5.97. The molecule has 2 rings (SSSR count). The third-order valence-electron chi connectivity index (χ3n) is 2.50. The Bertz CT molecular complexity index is 367. The lowest BCUT2D eigenvalue weighted by Gasteiger charge is -2.05. The second kappa shape index (κ2) is 3.45. The van der Waals surface area contributed by atoms with Gasteiger partial charge in [-0.1, -0.05) is 13.8 Å². The van der Waals surface area contributed by atoms with Crippen molar-refractivity contribution in [2.75, 3.05) is 6.61 Å². The number of carbonyl (C=O) groups is 1. The largest absolute Gasteiger partial charge is 0.493 e. The van der Waals surface area contributed by atoms with Crippen LogP contribution in [0.1, 0.15) is 29.8 Å². The number of hydrogen-bond donors (Lipinski definition) is 0. The molecular weight excluding hydrogens is 176 g/mol. The van der Waals surface area contributed by atoms with Gasteiger partial charge in [-0.3, -0.25) is 4.79 Å². The molecule has 0 spiro atoms. The van der Waals surface area contributed by atoms with E-state index in [1.807, 2.05) is 32.0 Å². The maximum absolute atomic E-state index is 11.7. The minimum atomic E-state index is 0.0652. The molecule has 0 aliphatic carbocycles. The van der Waals surface area contributed by atoms with Gasteiger partial charge >= 0.3 is 0 Å². The summed E-state index contributed by atoms with van der Waals surface area (Å²) in [6.45, 7) is 4.59. The van der Waals surface area contributed by atoms with Crippen molar-refractivity contribution in [1.29, 1.82) is 0 Å². The van der Waals surface area contributed by atoms with Gasteiger partial charge in [0.05, 0.1) is 6.61 Å². The molecule has 0 bridgehead atoms. The third-order valence-corrected chi connectivity index (χ3v) is 2.50. The van der Waals surface area contributed by atoms with Crippen molar-refractivity contribution in [3.05, 3.63) is 29.3 Å². The third kappa shape index (κ3) is 1.52. The van der Waals surface area contributed by atoms with Gasteiger partial charge in [-0.2, -0.15) is 0 Å². The first kappa shape index (κ1) is 9.25. The van der Waals surface area contributed by atoms with E-state index in [-0.39, 0.29) is 11.7 Å². The van der Waals surface area contributed by atoms with Crippen LogP contribution in [0, 0.1) is 5.92 Å². The van der Waals surface area contributed by atoms with E-state index in [1.54, 1.807) is 0 Å². The Morgan fingerprint density at radius 3 is 2.93 bits per heavy atom. The van der Waals surface area contributed by atoms with E-state index in [0.717, 1.165) is 29.9 Å². The molecule has 0 atom stereocenters. The van der Waals surface area contributed by atoms with Gasteiger partial charge in [0.25, 0.3) is 0 Å². The number of ether oxygens (including phenoxy) is 1. The summed E-state index contributed by atoms with van der Waals surface area (Å²) in [4.78, 5) is 11.7. The molecule has 0 saturated carbocycles. The van der Waals surface area contributed by atoms with Crippen LogP contribution < -0.4 is 4.74 Å². The molecule has 2 nitrogen and oxygen atoms in total. The quantitative estimate of drug-likeness (QED) is 0.669. The minimum Gasteiger partial charge on any atom is -0.493 e. The van der Waals surface area contributed by atoms with Crippen LogP contribution in [0.3, 0.4) is 0 Å². The Morgan fingerprint density at radius 1 is 1.43 bits per heavy atom. The molecule has 0 fully saturated rings. The second-order valence-corrected chi connectivity index (χ2v) is 3.94. The van der Waals surface area contributed by atoms with E-state index < -0.39 is 0 Å². The van der Waals surface area contributed by atoms with Gasteiger partial charge in [-0.25, -0.2) is 0 Å². The maximum Gasteiger partial charge on any atom is 0.165 e. The zero-order valence-corrected chi connectivity index (χ0v) is 8.54. The average Bonchev–Trinajstić information content (AvgIpc) is 2.62. The van der Waals surface area contributed by atoms with Crippen LogP contribution in [0.4, 0.5) is 0 Å². The Balaban J connectivity index is 2.33. The SMILES string of the molecule is CC(C)C(=O)c1ccc2c(c1)CCO2. The number of ketones is 1. The fourth-order valence-electron chi connectivity index (χ4n) is 1.67. The van der Waals surface area contributed by atoms with Crippen molar-refractivity contribution in [2.45, 2.75) is 20.3 Å². The first-order chi connectivity index (χ1) is 6.68. The number of fused-ring (bicyclic) bond motifs is 1. The van der Waals surface area contributed by atoms with E-state index in [2.05, 4.69) is 0 Å². The summed E-state index contributed by atoms with van der Waals surface area (Å²) in [5.41, 5.74) is 1.97. The van der Waals surface area contributed by atoms with Gasteiger partial charge in [-0.05, 0) is 23.8 Å². The molecule has 14 heavy (non-hydrogen) atoms. The molecule has 1 aliphatic rings. The molecule has 0 unspecified atom stereocenters. The monoisotopic (exact) mass is 190 g/mol. The molecule has 1 aromatic rings. The molecule has 2 heteroatoms. The summed E-state index contributed by atoms with van der Waals surface area (Å²) in [6, 6.07) is 5.72. The number of hydrogen-bond acceptors (Lipinski definition) is 2. The van der Waals surface area contributed by atoms with Gasteiger partial charge < -0.3 is 4.74 Å². The molecule has 0 N–H and O–H groups in total. The van der Waals surface area contributed by atoms with Crippen molar-refractivity contribution < 1.29 is 9.53 Å². The molecular formula is C12H14O2. The number of Topliss-reactive ketones (excluding diaryl/α,β-unsaturated/α-hetero) is 1. The fourth-order valence-corrected chi connectivity index (χ4v) is 1.67. The Hall–Kier alpha value is -1.31. The number of carbonyl (C=O) groups excluding carboxylic acids is 1. The van der Waals surface area contributed by atoms with Crippen LogP contribution in [-0.2, 0) is 6.42 Å². The van der Waals surface area contributed by atoms with Gasteiger partial charge in [0, 0.05) is 17.9 Å². The normalized spacial score (nSPS) is 13.9. The molecule has 1 aliphatic heterocycles. The van der Waals surface area contributed by atoms with Gasteiger partial charge in [0.1, 0.15) is 5.75 Å². The number of benzene rings is 1. The molecule has 74 valence electrons. The van der Waals surface area contributed by atoms with E-state index in [4.69, 9.17) is 4.74 Å². The van der Waals surface area contributed by atoms with Crippen molar-refractivity contribution in [3.8, 4) is 5.75 Å². The lowest BCUT2D eigenvalue weighted by Crippen LogP contribution is -2.07. The summed E-state index contributed by atoms with van der Waals surface area (Å²) in [7, 11) is 0. The highest BCUT2D eigenvalue weighted by atomic mass is 16.5. The average molecular weight is 190 g/mol. The van der Waals surface area contributed by atoms with Gasteiger partial charge in [0.15, 0.2) is 5.78 Å². The van der Waals surface area contributed by atoms with Gasteiger partial charge in [0.2, 0.25) is 0 Å². The van der Waals surface area contributed by atoms with Gasteiger partial charge in [-0.15, -0.1) is 0 Å². The molecule has 0 aromatic heterocycles. The Labute approximate surface area is 83.9 Å². The van der Waals surface area contributed by atoms with E-state index >= 15 is 0 Å². The predicted octanol–water partition coefficient (Wildman–Crippen LogP) is 2.46. The van der Waals surface area contributed by atoms with Crippen molar-refractivity contribution in [3.63, 3.8) is 0 Å². The number of rotatable bonds is 2. The summed E-state index contributed by atoms with van der Waals surface area (Å²) in [5.74, 6) is 1.21. The molecule has 0 radical (unpaired) electrons. The molecule has 1 aromatic carbocycles. The van der Waals surface area contributed by atoms with Crippen LogP contribution in [0.5, 0.6) is 5.75 Å². The van der Waals surface area contributed by atoms with Crippen LogP contribution in [0.25, 0.3) is 0 Å². The molecule has 0 saturated heterocycles. The van der Waals surface area contributed by atoms with Crippen LogP contribution in [0.15, 0.2) is 18.2 Å². The fraction of sp³-hybridized carbons (Fsp3) is 0.417. The summed E-state index contributed by atoms with van der Waals surface area (Å²) in [5, 5.41) is 0. The highest BCUT2D eigenvalue weighted by Crippen LogP contribution is 2.26. The lowest BCUT2D eigenvalue weighted by molar-refractivity contribution is 0.0939. The first-order valence-corrected chi connectivity index (χ1v) is 4.98. The van der Waals surface area contributed by atoms with Crippen molar-refractivity contribution >= 4 is 5.78 Å². The smallest absolute Gasteiger partial charge is 0.165 e. The zero-order valence-electron chi connectivity index (χ0n) is 8.54. The summed E-state index contributed by atoms with van der Waals surface area (Å²) >= 11 is 0. The van der Waals surface area contributed by atoms with E-state index in [0.29, 0.717) is 0 Å². The standard InChI is InChI=1S/C12H14O2/c1-8(2)12(13)10-3-4-11-9(7-10)5-6-14-11/h3-4,7-8H,5-6H2,1-2H3. The van der Waals surface area contributed by atoms with E-state index in [1.165, 1.54) is 0 Å². The predicted molar refractivity (Wildman–Crippen MR) is 54.8 cm³/mol.